The molecule has 5 rings (SSSR count). The lowest BCUT2D eigenvalue weighted by Crippen LogP contribution is -2.49. The van der Waals surface area contributed by atoms with Gasteiger partial charge >= 0.3 is 5.97 Å². The molecule has 0 bridgehead atoms. The van der Waals surface area contributed by atoms with Crippen molar-refractivity contribution in [3.8, 4) is 5.75 Å². The minimum atomic E-state index is -1.50. The summed E-state index contributed by atoms with van der Waals surface area (Å²) in [7, 11) is 0. The Morgan fingerprint density at radius 2 is 1.81 bits per heavy atom. The first-order chi connectivity index (χ1) is 15.0. The number of esters is 1. The highest BCUT2D eigenvalue weighted by Gasteiger charge is 2.89. The Kier molecular flexibility index (Phi) is 4.81. The van der Waals surface area contributed by atoms with Crippen LogP contribution >= 0.6 is 15.9 Å². The quantitative estimate of drug-likeness (QED) is 0.273. The van der Waals surface area contributed by atoms with E-state index in [9.17, 15) is 14.4 Å². The monoisotopic (exact) mass is 481 g/mol. The summed E-state index contributed by atoms with van der Waals surface area (Å²) < 4.78 is 6.57. The Balaban J connectivity index is 1.71. The summed E-state index contributed by atoms with van der Waals surface area (Å²) in [6, 6.07) is 14.4. The molecular formula is C25H24BrNO4. The number of amides is 1. The maximum absolute atomic E-state index is 14.0. The van der Waals surface area contributed by atoms with Crippen molar-refractivity contribution in [2.45, 2.75) is 38.5 Å². The van der Waals surface area contributed by atoms with Crippen LogP contribution in [0.5, 0.6) is 5.75 Å². The topological polar surface area (TPSA) is 63.7 Å². The third-order valence-corrected chi connectivity index (χ3v) is 7.83. The van der Waals surface area contributed by atoms with Gasteiger partial charge in [0, 0.05) is 34.6 Å². The van der Waals surface area contributed by atoms with E-state index in [2.05, 4.69) is 15.9 Å². The van der Waals surface area contributed by atoms with Crippen molar-refractivity contribution in [1.29, 1.82) is 0 Å². The van der Waals surface area contributed by atoms with Crippen LogP contribution < -0.4 is 4.74 Å². The first-order valence-electron chi connectivity index (χ1n) is 10.9. The minimum Gasteiger partial charge on any atom is -0.425 e. The average molecular weight is 482 g/mol. The minimum absolute atomic E-state index is 0.157. The summed E-state index contributed by atoms with van der Waals surface area (Å²) in [4.78, 5) is 43.3. The molecule has 1 amide bonds. The van der Waals surface area contributed by atoms with Crippen molar-refractivity contribution in [2.75, 3.05) is 13.1 Å². The first-order valence-corrected chi connectivity index (χ1v) is 11.7. The molecule has 5 nitrogen and oxygen atoms in total. The average Bonchev–Trinajstić information content (AvgIpc) is 3.46. The van der Waals surface area contributed by atoms with Crippen LogP contribution in [-0.4, -0.2) is 35.6 Å². The second kappa shape index (κ2) is 7.30. The summed E-state index contributed by atoms with van der Waals surface area (Å²) in [5.74, 6) is -1.08. The molecule has 2 heterocycles. The van der Waals surface area contributed by atoms with Crippen molar-refractivity contribution < 1.29 is 19.1 Å². The number of Topliss-reactive ketones (excluding diaryl/α,β-unsaturated/α-hetero) is 1. The molecule has 1 aliphatic carbocycles. The molecule has 0 radical (unpaired) electrons. The SMILES string of the molecule is CCC1(C(=O)c2ccccc2)C2c3cc(Br)ccc3OC(=O)C21C(=O)N1CCCCC1. The number of benzene rings is 2. The van der Waals surface area contributed by atoms with E-state index in [4.69, 9.17) is 4.74 Å². The van der Waals surface area contributed by atoms with Crippen LogP contribution in [0.2, 0.25) is 0 Å². The molecule has 160 valence electrons. The van der Waals surface area contributed by atoms with Crippen molar-refractivity contribution >= 4 is 33.6 Å². The Morgan fingerprint density at radius 3 is 2.48 bits per heavy atom. The van der Waals surface area contributed by atoms with E-state index >= 15 is 0 Å². The standard InChI is InChI=1S/C25H24BrNO4/c1-2-24(21(28)16-9-5-3-6-10-16)20-18-15-17(26)11-12-19(18)31-23(30)25(20,24)22(29)27-13-7-4-8-14-27/h3,5-6,9-12,15,20H,2,4,7-8,13-14H2,1H3. The van der Waals surface area contributed by atoms with E-state index in [1.165, 1.54) is 0 Å². The fraction of sp³-hybridized carbons (Fsp3) is 0.400. The zero-order valence-electron chi connectivity index (χ0n) is 17.4. The van der Waals surface area contributed by atoms with E-state index in [-0.39, 0.29) is 11.7 Å². The maximum Gasteiger partial charge on any atom is 0.328 e. The lowest BCUT2D eigenvalue weighted by molar-refractivity contribution is -0.155. The Hall–Kier alpha value is -2.47. The molecule has 1 saturated heterocycles. The number of nitrogens with zero attached hydrogens (tertiary/aromatic N) is 1. The van der Waals surface area contributed by atoms with Gasteiger partial charge in [-0.1, -0.05) is 53.2 Å². The van der Waals surface area contributed by atoms with Crippen LogP contribution in [0.25, 0.3) is 0 Å². The number of likely N-dealkylation sites (tertiary alicyclic amines) is 1. The van der Waals surface area contributed by atoms with Crippen LogP contribution in [0.15, 0.2) is 53.0 Å². The molecule has 6 heteroatoms. The molecule has 3 atom stereocenters. The van der Waals surface area contributed by atoms with Crippen molar-refractivity contribution in [3.63, 3.8) is 0 Å². The van der Waals surface area contributed by atoms with Gasteiger partial charge in [-0.25, -0.2) is 0 Å². The third kappa shape index (κ3) is 2.63. The molecule has 2 aromatic rings. The van der Waals surface area contributed by atoms with Crippen molar-refractivity contribution in [2.24, 2.45) is 10.8 Å². The smallest absolute Gasteiger partial charge is 0.328 e. The molecule has 0 aromatic heterocycles. The van der Waals surface area contributed by atoms with Gasteiger partial charge in [-0.05, 0) is 43.9 Å². The Labute approximate surface area is 189 Å². The Bertz CT molecular complexity index is 1080. The van der Waals surface area contributed by atoms with Gasteiger partial charge in [-0.3, -0.25) is 14.4 Å². The van der Waals surface area contributed by atoms with Crippen LogP contribution in [0, 0.1) is 10.8 Å². The van der Waals surface area contributed by atoms with E-state index in [1.54, 1.807) is 29.2 Å². The van der Waals surface area contributed by atoms with E-state index in [0.717, 1.165) is 29.3 Å². The molecule has 3 aliphatic rings. The second-order valence-corrected chi connectivity index (χ2v) is 9.60. The zero-order valence-corrected chi connectivity index (χ0v) is 19.0. The van der Waals surface area contributed by atoms with E-state index in [0.29, 0.717) is 30.8 Å². The number of halogens is 1. The normalized spacial score (nSPS) is 28.9. The lowest BCUT2D eigenvalue weighted by atomic mass is 9.82. The fourth-order valence-corrected chi connectivity index (χ4v) is 6.28. The number of hydrogen-bond acceptors (Lipinski definition) is 4. The highest BCUT2D eigenvalue weighted by atomic mass is 79.9. The fourth-order valence-electron chi connectivity index (χ4n) is 5.90. The van der Waals surface area contributed by atoms with Crippen LogP contribution in [0.3, 0.4) is 0 Å². The van der Waals surface area contributed by atoms with Gasteiger partial charge in [0.05, 0.1) is 5.41 Å². The summed E-state index contributed by atoms with van der Waals surface area (Å²) in [5, 5.41) is 0. The number of piperidine rings is 1. The summed E-state index contributed by atoms with van der Waals surface area (Å²) in [6.45, 7) is 3.13. The molecule has 1 saturated carbocycles. The number of fused-ring (bicyclic) bond motifs is 3. The van der Waals surface area contributed by atoms with Crippen LogP contribution in [-0.2, 0) is 9.59 Å². The molecule has 2 aliphatic heterocycles. The number of carbonyl (C=O) groups is 3. The van der Waals surface area contributed by atoms with Crippen molar-refractivity contribution in [1.82, 2.24) is 4.90 Å². The number of hydrogen-bond donors (Lipinski definition) is 0. The number of rotatable bonds is 4. The van der Waals surface area contributed by atoms with Crippen molar-refractivity contribution in [3.05, 3.63) is 64.1 Å². The molecule has 0 N–H and O–H groups in total. The lowest BCUT2D eigenvalue weighted by Gasteiger charge is -2.33. The van der Waals surface area contributed by atoms with Gasteiger partial charge in [-0.2, -0.15) is 0 Å². The third-order valence-electron chi connectivity index (χ3n) is 7.33. The molecular weight excluding hydrogens is 458 g/mol. The second-order valence-electron chi connectivity index (χ2n) is 8.69. The van der Waals surface area contributed by atoms with Gasteiger partial charge in [0.2, 0.25) is 5.91 Å². The van der Waals surface area contributed by atoms with Gasteiger partial charge in [0.1, 0.15) is 5.75 Å². The molecule has 2 aromatic carbocycles. The van der Waals surface area contributed by atoms with E-state index in [1.807, 2.05) is 31.2 Å². The Morgan fingerprint density at radius 1 is 1.10 bits per heavy atom. The zero-order chi connectivity index (χ0) is 21.8. The molecule has 0 spiro atoms. The van der Waals surface area contributed by atoms with Gasteiger partial charge in [-0.15, -0.1) is 0 Å². The maximum atomic E-state index is 14.0. The summed E-state index contributed by atoms with van der Waals surface area (Å²) in [6.07, 6.45) is 3.28. The first kappa shape index (κ1) is 20.4. The highest BCUT2D eigenvalue weighted by molar-refractivity contribution is 9.10. The number of carbonyl (C=O) groups excluding carboxylic acids is 3. The molecule has 2 fully saturated rings. The van der Waals surface area contributed by atoms with Crippen LogP contribution in [0.4, 0.5) is 0 Å². The van der Waals surface area contributed by atoms with Crippen LogP contribution in [0.1, 0.15) is 54.4 Å². The molecule has 31 heavy (non-hydrogen) atoms. The summed E-state index contributed by atoms with van der Waals surface area (Å²) in [5.41, 5.74) is -1.37. The van der Waals surface area contributed by atoms with Gasteiger partial charge < -0.3 is 9.64 Å². The predicted molar refractivity (Wildman–Crippen MR) is 119 cm³/mol. The highest BCUT2D eigenvalue weighted by Crippen LogP contribution is 2.80. The molecule has 3 unspecified atom stereocenters. The van der Waals surface area contributed by atoms with Gasteiger partial charge in [0.15, 0.2) is 11.2 Å². The number of ketones is 1. The van der Waals surface area contributed by atoms with Gasteiger partial charge in [0.25, 0.3) is 0 Å². The van der Waals surface area contributed by atoms with E-state index < -0.39 is 22.7 Å². The summed E-state index contributed by atoms with van der Waals surface area (Å²) >= 11 is 3.50. The predicted octanol–water partition coefficient (Wildman–Crippen LogP) is 4.74. The largest absolute Gasteiger partial charge is 0.425 e. The number of ether oxygens (including phenoxy) is 1.